The molecule has 2 N–H and O–H groups in total. The Bertz CT molecular complexity index is 632. The van der Waals surface area contributed by atoms with Crippen molar-refractivity contribution in [3.05, 3.63) is 59.7 Å². The topological polar surface area (TPSA) is 68.8 Å². The van der Waals surface area contributed by atoms with Crippen LogP contribution >= 0.6 is 0 Å². The molecule has 0 aliphatic rings. The number of hydrogen-bond donors (Lipinski definition) is 2. The van der Waals surface area contributed by atoms with Gasteiger partial charge in [-0.05, 0) is 23.3 Å². The molecule has 0 aromatic heterocycles. The zero-order valence-corrected chi connectivity index (χ0v) is 13.2. The summed E-state index contributed by atoms with van der Waals surface area (Å²) in [5.41, 5.74) is 4.22. The van der Waals surface area contributed by atoms with E-state index in [0.29, 0.717) is 24.7 Å². The third-order valence-corrected chi connectivity index (χ3v) is 3.15. The third-order valence-electron chi connectivity index (χ3n) is 3.15. The van der Waals surface area contributed by atoms with Gasteiger partial charge in [-0.3, -0.25) is 4.84 Å². The highest BCUT2D eigenvalue weighted by atomic mass is 16.7. The largest absolute Gasteiger partial charge is 0.493 e. The average molecular weight is 316 g/mol. The Kier molecular flexibility index (Phi) is 6.26. The summed E-state index contributed by atoms with van der Waals surface area (Å²) in [6.45, 7) is 0.658. The molecule has 0 fully saturated rings. The van der Waals surface area contributed by atoms with Crippen LogP contribution in [0.2, 0.25) is 0 Å². The van der Waals surface area contributed by atoms with Crippen molar-refractivity contribution in [1.29, 1.82) is 0 Å². The summed E-state index contributed by atoms with van der Waals surface area (Å²) in [5, 5.41) is 2.70. The Hall–Kier alpha value is -2.73. The minimum Gasteiger partial charge on any atom is -0.493 e. The summed E-state index contributed by atoms with van der Waals surface area (Å²) in [5.74, 6) is 1.26. The van der Waals surface area contributed by atoms with E-state index in [1.807, 2.05) is 42.5 Å². The Morgan fingerprint density at radius 1 is 0.957 bits per heavy atom. The smallest absolute Gasteiger partial charge is 0.338 e. The van der Waals surface area contributed by atoms with Crippen molar-refractivity contribution in [1.82, 2.24) is 10.8 Å². The second-order valence-electron chi connectivity index (χ2n) is 4.75. The molecule has 2 aromatic carbocycles. The predicted octanol–water partition coefficient (Wildman–Crippen LogP) is 2.63. The van der Waals surface area contributed by atoms with Crippen molar-refractivity contribution in [2.75, 3.05) is 14.2 Å². The molecule has 0 radical (unpaired) electrons. The van der Waals surface area contributed by atoms with E-state index in [0.717, 1.165) is 11.1 Å². The monoisotopic (exact) mass is 316 g/mol. The van der Waals surface area contributed by atoms with E-state index in [1.54, 1.807) is 20.3 Å². The number of hydrogen-bond acceptors (Lipinski definition) is 4. The Balaban J connectivity index is 1.76. The van der Waals surface area contributed by atoms with Crippen molar-refractivity contribution < 1.29 is 19.1 Å². The van der Waals surface area contributed by atoms with Crippen molar-refractivity contribution >= 4 is 6.03 Å². The highest BCUT2D eigenvalue weighted by Crippen LogP contribution is 2.27. The molecule has 0 spiro atoms. The minimum atomic E-state index is -0.407. The molecule has 6 nitrogen and oxygen atoms in total. The number of benzene rings is 2. The fourth-order valence-electron chi connectivity index (χ4n) is 1.97. The highest BCUT2D eigenvalue weighted by molar-refractivity contribution is 5.72. The molecule has 2 amide bonds. The van der Waals surface area contributed by atoms with Crippen LogP contribution in [0.1, 0.15) is 11.1 Å². The van der Waals surface area contributed by atoms with Gasteiger partial charge in [0, 0.05) is 6.54 Å². The molecule has 0 saturated carbocycles. The number of urea groups is 1. The number of methoxy groups -OCH3 is 2. The van der Waals surface area contributed by atoms with Crippen LogP contribution in [0.5, 0.6) is 11.5 Å². The van der Waals surface area contributed by atoms with Crippen LogP contribution in [-0.4, -0.2) is 20.3 Å². The van der Waals surface area contributed by atoms with Gasteiger partial charge in [0.1, 0.15) is 0 Å². The summed E-state index contributed by atoms with van der Waals surface area (Å²) in [6, 6.07) is 14.6. The average Bonchev–Trinajstić information content (AvgIpc) is 2.60. The second kappa shape index (κ2) is 8.65. The molecular weight excluding hydrogens is 296 g/mol. The summed E-state index contributed by atoms with van der Waals surface area (Å²) in [7, 11) is 3.15. The Morgan fingerprint density at radius 2 is 1.70 bits per heavy atom. The van der Waals surface area contributed by atoms with Gasteiger partial charge in [0.05, 0.1) is 20.8 Å². The first kappa shape index (κ1) is 16.6. The van der Waals surface area contributed by atoms with Gasteiger partial charge in [-0.2, -0.15) is 0 Å². The minimum absolute atomic E-state index is 0.310. The van der Waals surface area contributed by atoms with Crippen LogP contribution in [0.15, 0.2) is 48.5 Å². The Labute approximate surface area is 135 Å². The zero-order valence-electron chi connectivity index (χ0n) is 13.2. The highest BCUT2D eigenvalue weighted by Gasteiger charge is 2.06. The molecule has 0 aliphatic heterocycles. The molecule has 0 unspecified atom stereocenters. The molecule has 0 bridgehead atoms. The Morgan fingerprint density at radius 3 is 2.39 bits per heavy atom. The van der Waals surface area contributed by atoms with Crippen molar-refractivity contribution in [3.63, 3.8) is 0 Å². The van der Waals surface area contributed by atoms with Crippen LogP contribution < -0.4 is 20.3 Å². The molecule has 2 aromatic rings. The number of nitrogens with one attached hydrogen (secondary N) is 2. The number of amides is 2. The lowest BCUT2D eigenvalue weighted by atomic mass is 10.2. The van der Waals surface area contributed by atoms with Gasteiger partial charge >= 0.3 is 6.03 Å². The van der Waals surface area contributed by atoms with E-state index in [9.17, 15) is 4.79 Å². The standard InChI is InChI=1S/C17H20N2O4/c1-21-15-9-8-14(10-16(15)22-2)11-18-17(20)19-23-12-13-6-4-3-5-7-13/h3-10H,11-12H2,1-2H3,(H2,18,19,20). The number of carbonyl (C=O) groups is 1. The maximum Gasteiger partial charge on any atom is 0.338 e. The van der Waals surface area contributed by atoms with Gasteiger partial charge in [0.2, 0.25) is 0 Å². The quantitative estimate of drug-likeness (QED) is 0.771. The van der Waals surface area contributed by atoms with E-state index in [2.05, 4.69) is 10.8 Å². The molecule has 0 heterocycles. The zero-order chi connectivity index (χ0) is 16.5. The van der Waals surface area contributed by atoms with Gasteiger partial charge in [0.15, 0.2) is 11.5 Å². The van der Waals surface area contributed by atoms with Crippen molar-refractivity contribution in [2.45, 2.75) is 13.2 Å². The maximum atomic E-state index is 11.7. The maximum absolute atomic E-state index is 11.7. The first-order valence-corrected chi connectivity index (χ1v) is 7.13. The first-order valence-electron chi connectivity index (χ1n) is 7.13. The van der Waals surface area contributed by atoms with Gasteiger partial charge in [-0.15, -0.1) is 0 Å². The van der Waals surface area contributed by atoms with Crippen LogP contribution in [0.25, 0.3) is 0 Å². The van der Waals surface area contributed by atoms with Gasteiger partial charge < -0.3 is 14.8 Å². The van der Waals surface area contributed by atoms with Crippen molar-refractivity contribution in [3.8, 4) is 11.5 Å². The molecule has 2 rings (SSSR count). The van der Waals surface area contributed by atoms with E-state index in [-0.39, 0.29) is 0 Å². The normalized spacial score (nSPS) is 10.0. The number of carbonyl (C=O) groups excluding carboxylic acids is 1. The summed E-state index contributed by atoms with van der Waals surface area (Å²) in [4.78, 5) is 16.8. The summed E-state index contributed by atoms with van der Waals surface area (Å²) in [6.07, 6.45) is 0. The number of ether oxygens (including phenoxy) is 2. The summed E-state index contributed by atoms with van der Waals surface area (Å²) >= 11 is 0. The lowest BCUT2D eigenvalue weighted by molar-refractivity contribution is 0.0490. The molecule has 122 valence electrons. The van der Waals surface area contributed by atoms with E-state index in [1.165, 1.54) is 0 Å². The number of rotatable bonds is 7. The fraction of sp³-hybridized carbons (Fsp3) is 0.235. The van der Waals surface area contributed by atoms with Gasteiger partial charge in [0.25, 0.3) is 0 Å². The lowest BCUT2D eigenvalue weighted by Crippen LogP contribution is -2.34. The third kappa shape index (κ3) is 5.19. The molecule has 0 atom stereocenters. The van der Waals surface area contributed by atoms with E-state index < -0.39 is 6.03 Å². The van der Waals surface area contributed by atoms with Crippen molar-refractivity contribution in [2.24, 2.45) is 0 Å². The SMILES string of the molecule is COc1ccc(CNC(=O)NOCc2ccccc2)cc1OC. The predicted molar refractivity (Wildman–Crippen MR) is 86.1 cm³/mol. The van der Waals surface area contributed by atoms with Gasteiger partial charge in [-0.25, -0.2) is 10.3 Å². The molecule has 0 saturated heterocycles. The van der Waals surface area contributed by atoms with E-state index >= 15 is 0 Å². The van der Waals surface area contributed by atoms with Crippen LogP contribution in [0.3, 0.4) is 0 Å². The first-order chi connectivity index (χ1) is 11.2. The van der Waals surface area contributed by atoms with Crippen LogP contribution in [0, 0.1) is 0 Å². The number of hydroxylamine groups is 1. The van der Waals surface area contributed by atoms with Crippen LogP contribution in [0.4, 0.5) is 4.79 Å². The van der Waals surface area contributed by atoms with Crippen LogP contribution in [-0.2, 0) is 18.0 Å². The van der Waals surface area contributed by atoms with Gasteiger partial charge in [-0.1, -0.05) is 36.4 Å². The summed E-state index contributed by atoms with van der Waals surface area (Å²) < 4.78 is 10.4. The van der Waals surface area contributed by atoms with E-state index in [4.69, 9.17) is 14.3 Å². The molecule has 6 heteroatoms. The molecule has 23 heavy (non-hydrogen) atoms. The fourth-order valence-corrected chi connectivity index (χ4v) is 1.97. The molecular formula is C17H20N2O4. The molecule has 0 aliphatic carbocycles. The lowest BCUT2D eigenvalue weighted by Gasteiger charge is -2.11. The second-order valence-corrected chi connectivity index (χ2v) is 4.75.